The fourth-order valence-corrected chi connectivity index (χ4v) is 2.06. The first-order chi connectivity index (χ1) is 3.71. The van der Waals surface area contributed by atoms with Gasteiger partial charge in [0.1, 0.15) is 5.88 Å². The number of hydrogen-bond donors (Lipinski definition) is 0. The average Bonchev–Trinajstić information content (AvgIpc) is 1.65. The Hall–Kier alpha value is 0.310. The first-order valence-corrected chi connectivity index (χ1v) is 4.26. The highest BCUT2D eigenvalue weighted by atomic mass is 32.2. The fraction of sp³-hybridized carbons (Fsp3) is 1.00. The van der Waals surface area contributed by atoms with Gasteiger partial charge in [0.2, 0.25) is 0 Å². The van der Waals surface area contributed by atoms with Crippen LogP contribution in [0.2, 0.25) is 0 Å². The molecule has 0 radical (unpaired) electrons. The van der Waals surface area contributed by atoms with Crippen molar-refractivity contribution >= 4 is 11.8 Å². The van der Waals surface area contributed by atoms with E-state index in [1.54, 1.807) is 0 Å². The summed E-state index contributed by atoms with van der Waals surface area (Å²) in [5.41, 5.74) is 0. The van der Waals surface area contributed by atoms with Crippen LogP contribution in [0.5, 0.6) is 0 Å². The van der Waals surface area contributed by atoms with E-state index in [9.17, 15) is 0 Å². The molecule has 0 aromatic heterocycles. The highest BCUT2D eigenvalue weighted by Crippen LogP contribution is 2.16. The number of hydrogen-bond acceptors (Lipinski definition) is 1. The second-order valence-corrected chi connectivity index (χ2v) is 4.12. The van der Waals surface area contributed by atoms with Crippen LogP contribution in [-0.2, 0) is 0 Å². The molecule has 8 heavy (non-hydrogen) atoms. The largest absolute Gasteiger partial charge is 0.320 e. The Bertz CT molecular complexity index is 72.6. The maximum absolute atomic E-state index is 2.30. The average molecular weight is 132 g/mol. The van der Waals surface area contributed by atoms with Crippen molar-refractivity contribution in [2.45, 2.75) is 6.42 Å². The molecule has 0 aromatic rings. The summed E-state index contributed by atoms with van der Waals surface area (Å²) >= 11 is 2.07. The van der Waals surface area contributed by atoms with Gasteiger partial charge in [-0.2, -0.15) is 0 Å². The lowest BCUT2D eigenvalue weighted by Gasteiger charge is -2.32. The number of quaternary nitrogens is 1. The van der Waals surface area contributed by atoms with E-state index in [1.165, 1.54) is 29.1 Å². The number of rotatable bonds is 0. The minimum atomic E-state index is 1.21. The van der Waals surface area contributed by atoms with E-state index in [-0.39, 0.29) is 0 Å². The summed E-state index contributed by atoms with van der Waals surface area (Å²) in [4.78, 5) is 0. The summed E-state index contributed by atoms with van der Waals surface area (Å²) in [6.07, 6.45) is 1.40. The van der Waals surface area contributed by atoms with Gasteiger partial charge in [0, 0.05) is 12.2 Å². The van der Waals surface area contributed by atoms with Crippen molar-refractivity contribution in [2.75, 3.05) is 32.3 Å². The fourth-order valence-electron chi connectivity index (χ4n) is 0.971. The van der Waals surface area contributed by atoms with Gasteiger partial charge in [0.05, 0.1) is 20.6 Å². The van der Waals surface area contributed by atoms with Crippen molar-refractivity contribution in [1.82, 2.24) is 0 Å². The Morgan fingerprint density at radius 1 is 1.38 bits per heavy atom. The third-order valence-electron chi connectivity index (χ3n) is 1.49. The summed E-state index contributed by atoms with van der Waals surface area (Å²) in [5.74, 6) is 2.68. The Balaban J connectivity index is 2.33. The second kappa shape index (κ2) is 2.28. The SMILES string of the molecule is C[N+]1(C)CCCSC1. The Morgan fingerprint density at radius 2 is 2.12 bits per heavy atom. The van der Waals surface area contributed by atoms with Gasteiger partial charge in [-0.15, -0.1) is 11.8 Å². The van der Waals surface area contributed by atoms with Crippen LogP contribution in [0, 0.1) is 0 Å². The Labute approximate surface area is 55.7 Å². The zero-order valence-electron chi connectivity index (χ0n) is 5.68. The van der Waals surface area contributed by atoms with Gasteiger partial charge >= 0.3 is 0 Å². The zero-order valence-corrected chi connectivity index (χ0v) is 6.50. The molecule has 0 aliphatic carbocycles. The predicted octanol–water partition coefficient (Wildman–Crippen LogP) is 1.16. The van der Waals surface area contributed by atoms with Gasteiger partial charge in [-0.05, 0) is 0 Å². The van der Waals surface area contributed by atoms with Gasteiger partial charge in [0.15, 0.2) is 0 Å². The highest BCUT2D eigenvalue weighted by molar-refractivity contribution is 7.99. The van der Waals surface area contributed by atoms with E-state index in [2.05, 4.69) is 25.9 Å². The Morgan fingerprint density at radius 3 is 2.38 bits per heavy atom. The van der Waals surface area contributed by atoms with Crippen molar-refractivity contribution in [1.29, 1.82) is 0 Å². The summed E-state index contributed by atoms with van der Waals surface area (Å²) in [7, 11) is 4.60. The van der Waals surface area contributed by atoms with Gasteiger partial charge in [-0.25, -0.2) is 0 Å². The van der Waals surface area contributed by atoms with Crippen molar-refractivity contribution in [3.63, 3.8) is 0 Å². The zero-order chi connectivity index (χ0) is 6.04. The van der Waals surface area contributed by atoms with Crippen LogP contribution >= 0.6 is 11.8 Å². The third-order valence-corrected chi connectivity index (χ3v) is 2.95. The molecule has 1 nitrogen and oxygen atoms in total. The molecule has 1 fully saturated rings. The molecule has 1 rings (SSSR count). The molecule has 0 atom stereocenters. The Kier molecular flexibility index (Phi) is 1.83. The van der Waals surface area contributed by atoms with Crippen LogP contribution in [0.25, 0.3) is 0 Å². The smallest absolute Gasteiger partial charge is 0.125 e. The van der Waals surface area contributed by atoms with Crippen LogP contribution in [0.4, 0.5) is 0 Å². The summed E-state index contributed by atoms with van der Waals surface area (Å²) in [5, 5.41) is 0. The molecule has 0 spiro atoms. The number of thioether (sulfide) groups is 1. The normalized spacial score (nSPS) is 27.8. The van der Waals surface area contributed by atoms with E-state index < -0.39 is 0 Å². The van der Waals surface area contributed by atoms with Crippen LogP contribution < -0.4 is 0 Å². The van der Waals surface area contributed by atoms with E-state index in [0.717, 1.165) is 0 Å². The standard InChI is InChI=1S/C6H14NS/c1-7(2)4-3-5-8-6-7/h3-6H2,1-2H3/q+1. The summed E-state index contributed by atoms with van der Waals surface area (Å²) in [6, 6.07) is 0. The van der Waals surface area contributed by atoms with Gasteiger partial charge < -0.3 is 4.48 Å². The minimum absolute atomic E-state index is 1.21. The van der Waals surface area contributed by atoms with Crippen LogP contribution in [0.3, 0.4) is 0 Å². The first kappa shape index (κ1) is 6.43. The highest BCUT2D eigenvalue weighted by Gasteiger charge is 2.18. The molecule has 48 valence electrons. The van der Waals surface area contributed by atoms with Gasteiger partial charge in [-0.3, -0.25) is 0 Å². The molecule has 0 aromatic carbocycles. The molecule has 0 unspecified atom stereocenters. The second-order valence-electron chi connectivity index (χ2n) is 3.05. The summed E-state index contributed by atoms with van der Waals surface area (Å²) < 4.78 is 1.21. The molecule has 1 heterocycles. The first-order valence-electron chi connectivity index (χ1n) is 3.10. The van der Waals surface area contributed by atoms with Crippen LogP contribution in [0.15, 0.2) is 0 Å². The summed E-state index contributed by atoms with van der Waals surface area (Å²) in [6.45, 7) is 1.37. The van der Waals surface area contributed by atoms with Crippen molar-refractivity contribution in [3.8, 4) is 0 Å². The molecule has 1 saturated heterocycles. The minimum Gasteiger partial charge on any atom is -0.320 e. The molecular formula is C6H14NS+. The van der Waals surface area contributed by atoms with E-state index >= 15 is 0 Å². The third kappa shape index (κ3) is 1.67. The van der Waals surface area contributed by atoms with Crippen molar-refractivity contribution in [2.24, 2.45) is 0 Å². The quantitative estimate of drug-likeness (QED) is 0.446. The van der Waals surface area contributed by atoms with Crippen LogP contribution in [0.1, 0.15) is 6.42 Å². The lowest BCUT2D eigenvalue weighted by molar-refractivity contribution is -0.878. The van der Waals surface area contributed by atoms with Crippen LogP contribution in [-0.4, -0.2) is 36.8 Å². The molecule has 0 bridgehead atoms. The maximum Gasteiger partial charge on any atom is 0.125 e. The lowest BCUT2D eigenvalue weighted by atomic mass is 10.4. The molecule has 0 saturated carbocycles. The molecule has 2 heteroatoms. The topological polar surface area (TPSA) is 0 Å². The van der Waals surface area contributed by atoms with Crippen molar-refractivity contribution < 1.29 is 4.48 Å². The molecule has 0 amide bonds. The van der Waals surface area contributed by atoms with Gasteiger partial charge in [0.25, 0.3) is 0 Å². The molecule has 1 aliphatic rings. The van der Waals surface area contributed by atoms with Crippen molar-refractivity contribution in [3.05, 3.63) is 0 Å². The van der Waals surface area contributed by atoms with E-state index in [1.807, 2.05) is 0 Å². The monoisotopic (exact) mass is 132 g/mol. The lowest BCUT2D eigenvalue weighted by Crippen LogP contribution is -2.42. The van der Waals surface area contributed by atoms with E-state index in [0.29, 0.717) is 0 Å². The van der Waals surface area contributed by atoms with E-state index in [4.69, 9.17) is 0 Å². The molecular weight excluding hydrogens is 118 g/mol. The number of nitrogens with zero attached hydrogens (tertiary/aromatic N) is 1. The molecule has 1 aliphatic heterocycles. The maximum atomic E-state index is 2.30. The molecule has 0 N–H and O–H groups in total. The predicted molar refractivity (Wildman–Crippen MR) is 38.9 cm³/mol. The van der Waals surface area contributed by atoms with Gasteiger partial charge in [-0.1, -0.05) is 0 Å².